The minimum Gasteiger partial charge on any atom is -0.461 e. The van der Waals surface area contributed by atoms with E-state index in [1.165, 1.54) is 6.07 Å². The Kier molecular flexibility index (Phi) is 6.69. The Labute approximate surface area is 256 Å². The average molecular weight is 595 g/mol. The molecule has 0 saturated carbocycles. The van der Waals surface area contributed by atoms with Gasteiger partial charge in [-0.05, 0) is 69.0 Å². The molecule has 2 aromatic carbocycles. The Hall–Kier alpha value is -3.87. The molecule has 0 spiro atoms. The van der Waals surface area contributed by atoms with Crippen LogP contribution >= 0.6 is 0 Å². The quantitative estimate of drug-likeness (QED) is 0.300. The molecule has 2 unspecified atom stereocenters. The van der Waals surface area contributed by atoms with Gasteiger partial charge in [0.05, 0.1) is 22.2 Å². The standard InChI is InChI=1S/C35H36F2N6O/c1-3-24-26(36)12-10-22-7-4-8-25(27(22)24)31-29(37)32-28-30(39-31)21(2)9-11-23-19-38-15-18-43(23)33(28)41-34(40-32)44-20-35-13-5-16-42(35)17-6-14-35/h1,4,7-8,10,12,21,23,38H,5-6,9,11,13-20H2,2H3. The lowest BCUT2D eigenvalue weighted by Crippen LogP contribution is -2.52. The number of nitrogens with zero attached hydrogens (tertiary/aromatic N) is 5. The van der Waals surface area contributed by atoms with E-state index in [0.29, 0.717) is 28.8 Å². The molecule has 3 saturated heterocycles. The highest BCUT2D eigenvalue weighted by atomic mass is 19.1. The summed E-state index contributed by atoms with van der Waals surface area (Å²) in [6.07, 6.45) is 12.1. The Morgan fingerprint density at radius 3 is 2.70 bits per heavy atom. The number of benzene rings is 2. The van der Waals surface area contributed by atoms with Crippen molar-refractivity contribution >= 4 is 27.5 Å². The van der Waals surface area contributed by atoms with Gasteiger partial charge < -0.3 is 15.0 Å². The van der Waals surface area contributed by atoms with Gasteiger partial charge in [-0.25, -0.2) is 13.8 Å². The summed E-state index contributed by atoms with van der Waals surface area (Å²) in [4.78, 5) is 19.7. The zero-order chi connectivity index (χ0) is 30.0. The van der Waals surface area contributed by atoms with Crippen LogP contribution in [0.1, 0.15) is 62.6 Å². The van der Waals surface area contributed by atoms with E-state index >= 15 is 4.39 Å². The molecular weight excluding hydrogens is 558 g/mol. The fourth-order valence-corrected chi connectivity index (χ4v) is 8.20. The van der Waals surface area contributed by atoms with Gasteiger partial charge in [-0.2, -0.15) is 9.97 Å². The van der Waals surface area contributed by atoms with Crippen molar-refractivity contribution in [2.24, 2.45) is 0 Å². The highest BCUT2D eigenvalue weighted by molar-refractivity contribution is 6.02. The second kappa shape index (κ2) is 10.6. The third-order valence-corrected chi connectivity index (χ3v) is 10.5. The van der Waals surface area contributed by atoms with Gasteiger partial charge in [0.1, 0.15) is 29.5 Å². The van der Waals surface area contributed by atoms with E-state index in [9.17, 15) is 4.39 Å². The lowest BCUT2D eigenvalue weighted by Gasteiger charge is -2.40. The molecule has 0 aliphatic carbocycles. The molecule has 0 radical (unpaired) electrons. The average Bonchev–Trinajstić information content (AvgIpc) is 3.63. The van der Waals surface area contributed by atoms with Crippen LogP contribution in [0.2, 0.25) is 0 Å². The largest absolute Gasteiger partial charge is 0.461 e. The third-order valence-electron chi connectivity index (χ3n) is 10.5. The Balaban J connectivity index is 1.36. The first kappa shape index (κ1) is 27.7. The van der Waals surface area contributed by atoms with Gasteiger partial charge in [0.15, 0.2) is 5.82 Å². The fraction of sp³-hybridized carbons (Fsp3) is 0.457. The maximum atomic E-state index is 17.1. The second-order valence-corrected chi connectivity index (χ2v) is 12.9. The number of aromatic nitrogens is 3. The topological polar surface area (TPSA) is 66.4 Å². The first-order valence-corrected chi connectivity index (χ1v) is 15.9. The lowest BCUT2D eigenvalue weighted by molar-refractivity contribution is 0.108. The summed E-state index contributed by atoms with van der Waals surface area (Å²) in [6.45, 7) is 7.20. The molecule has 3 fully saturated rings. The number of halogens is 2. The van der Waals surface area contributed by atoms with Crippen molar-refractivity contribution in [3.05, 3.63) is 53.2 Å². The Morgan fingerprint density at radius 1 is 1.05 bits per heavy atom. The van der Waals surface area contributed by atoms with E-state index in [0.717, 1.165) is 82.3 Å². The SMILES string of the molecule is C#Cc1c(F)ccc2cccc(-c3nc4c5c(nc(OCC67CCCN6CCC7)nc5c3F)N3CCNCC3CCC4C)c12. The monoisotopic (exact) mass is 594 g/mol. The fourth-order valence-electron chi connectivity index (χ4n) is 8.20. The smallest absolute Gasteiger partial charge is 0.319 e. The highest BCUT2D eigenvalue weighted by Gasteiger charge is 2.45. The van der Waals surface area contributed by atoms with Crippen LogP contribution in [0, 0.1) is 24.0 Å². The summed E-state index contributed by atoms with van der Waals surface area (Å²) in [5, 5.41) is 5.36. The van der Waals surface area contributed by atoms with E-state index in [4.69, 9.17) is 26.1 Å². The van der Waals surface area contributed by atoms with Crippen molar-refractivity contribution in [3.8, 4) is 29.6 Å². The normalized spacial score (nSPS) is 22.8. The molecule has 7 nitrogen and oxygen atoms in total. The number of nitrogens with one attached hydrogen (secondary N) is 1. The summed E-state index contributed by atoms with van der Waals surface area (Å²) < 4.78 is 38.5. The number of anilines is 1. The second-order valence-electron chi connectivity index (χ2n) is 12.9. The number of rotatable bonds is 4. The van der Waals surface area contributed by atoms with Crippen molar-refractivity contribution in [2.75, 3.05) is 44.2 Å². The minimum atomic E-state index is -0.571. The molecule has 8 rings (SSSR count). The summed E-state index contributed by atoms with van der Waals surface area (Å²) in [5.74, 6) is 2.12. The summed E-state index contributed by atoms with van der Waals surface area (Å²) in [7, 11) is 0. The first-order chi connectivity index (χ1) is 21.5. The summed E-state index contributed by atoms with van der Waals surface area (Å²) in [5.41, 5.74) is 1.62. The Bertz CT molecular complexity index is 1830. The van der Waals surface area contributed by atoms with Crippen LogP contribution < -0.4 is 15.0 Å². The summed E-state index contributed by atoms with van der Waals surface area (Å²) >= 11 is 0. The van der Waals surface area contributed by atoms with E-state index in [2.05, 4.69) is 28.0 Å². The van der Waals surface area contributed by atoms with Crippen LogP contribution in [-0.4, -0.2) is 70.8 Å². The first-order valence-electron chi connectivity index (χ1n) is 15.9. The van der Waals surface area contributed by atoms with Crippen molar-refractivity contribution in [3.63, 3.8) is 0 Å². The zero-order valence-corrected chi connectivity index (χ0v) is 25.0. The molecule has 0 amide bonds. The molecule has 2 aromatic heterocycles. The molecule has 4 aliphatic rings. The maximum Gasteiger partial charge on any atom is 0.319 e. The number of piperazine rings is 1. The number of fused-ring (bicyclic) bond motifs is 4. The van der Waals surface area contributed by atoms with Gasteiger partial charge in [-0.3, -0.25) is 4.90 Å². The van der Waals surface area contributed by atoms with Gasteiger partial charge in [0.25, 0.3) is 0 Å². The zero-order valence-electron chi connectivity index (χ0n) is 25.0. The molecule has 226 valence electrons. The molecule has 0 bridgehead atoms. The van der Waals surface area contributed by atoms with Crippen molar-refractivity contribution in [2.45, 2.75) is 62.9 Å². The molecule has 9 heteroatoms. The van der Waals surface area contributed by atoms with Crippen molar-refractivity contribution < 1.29 is 13.5 Å². The van der Waals surface area contributed by atoms with Gasteiger partial charge >= 0.3 is 6.01 Å². The van der Waals surface area contributed by atoms with Crippen LogP contribution in [0.4, 0.5) is 14.6 Å². The van der Waals surface area contributed by atoms with Crippen LogP contribution in [0.15, 0.2) is 30.3 Å². The van der Waals surface area contributed by atoms with Crippen LogP contribution in [0.25, 0.3) is 32.9 Å². The number of hydrogen-bond acceptors (Lipinski definition) is 7. The number of ether oxygens (including phenoxy) is 1. The number of terminal acetylenes is 1. The molecule has 6 heterocycles. The third kappa shape index (κ3) is 4.26. The Morgan fingerprint density at radius 2 is 1.89 bits per heavy atom. The van der Waals surface area contributed by atoms with Crippen molar-refractivity contribution in [1.82, 2.24) is 25.2 Å². The lowest BCUT2D eigenvalue weighted by atomic mass is 9.90. The van der Waals surface area contributed by atoms with Crippen LogP contribution in [0.3, 0.4) is 0 Å². The minimum absolute atomic E-state index is 0.00176. The molecule has 1 N–H and O–H groups in total. The van der Waals surface area contributed by atoms with Gasteiger partial charge in [-0.15, -0.1) is 6.42 Å². The van der Waals surface area contributed by atoms with Crippen molar-refractivity contribution in [1.29, 1.82) is 0 Å². The summed E-state index contributed by atoms with van der Waals surface area (Å²) in [6, 6.07) is 8.89. The van der Waals surface area contributed by atoms with E-state index in [-0.39, 0.29) is 40.3 Å². The van der Waals surface area contributed by atoms with E-state index in [1.807, 2.05) is 12.1 Å². The number of pyridine rings is 1. The molecular formula is C35H36F2N6O. The molecule has 4 aromatic rings. The molecule has 4 aliphatic heterocycles. The predicted octanol–water partition coefficient (Wildman–Crippen LogP) is 5.79. The van der Waals surface area contributed by atoms with Crippen LogP contribution in [0.5, 0.6) is 6.01 Å². The van der Waals surface area contributed by atoms with E-state index in [1.54, 1.807) is 12.1 Å². The van der Waals surface area contributed by atoms with Crippen LogP contribution in [-0.2, 0) is 0 Å². The van der Waals surface area contributed by atoms with Gasteiger partial charge in [0, 0.05) is 36.6 Å². The maximum absolute atomic E-state index is 17.1. The highest BCUT2D eigenvalue weighted by Crippen LogP contribution is 2.44. The van der Waals surface area contributed by atoms with E-state index < -0.39 is 11.6 Å². The molecule has 44 heavy (non-hydrogen) atoms. The van der Waals surface area contributed by atoms with Gasteiger partial charge in [0.2, 0.25) is 0 Å². The van der Waals surface area contributed by atoms with Gasteiger partial charge in [-0.1, -0.05) is 37.1 Å². The molecule has 2 atom stereocenters. The predicted molar refractivity (Wildman–Crippen MR) is 168 cm³/mol. The number of hydrogen-bond donors (Lipinski definition) is 1.